The molecule has 5 nitrogen and oxygen atoms in total. The van der Waals surface area contributed by atoms with Gasteiger partial charge in [0.15, 0.2) is 11.6 Å². The zero-order valence-corrected chi connectivity index (χ0v) is 10.8. The van der Waals surface area contributed by atoms with Crippen LogP contribution in [-0.4, -0.2) is 29.2 Å². The third-order valence-corrected chi connectivity index (χ3v) is 3.37. The van der Waals surface area contributed by atoms with Gasteiger partial charge < -0.3 is 15.8 Å². The maximum atomic E-state index is 5.93. The third kappa shape index (κ3) is 2.76. The molecule has 0 amide bonds. The van der Waals surface area contributed by atoms with Gasteiger partial charge in [0.2, 0.25) is 0 Å². The Morgan fingerprint density at radius 1 is 1.21 bits per heavy atom. The lowest BCUT2D eigenvalue weighted by atomic mass is 10.1. The smallest absolute Gasteiger partial charge is 0.169 e. The van der Waals surface area contributed by atoms with Gasteiger partial charge in [-0.1, -0.05) is 12.1 Å². The average Bonchev–Trinajstić information content (AvgIpc) is 2.46. The molecule has 1 aromatic carbocycles. The second kappa shape index (κ2) is 5.40. The van der Waals surface area contributed by atoms with Crippen molar-refractivity contribution in [3.8, 4) is 0 Å². The number of rotatable bonds is 3. The number of benzene rings is 1. The lowest BCUT2D eigenvalue weighted by molar-refractivity contribution is 0.0247. The molecule has 1 unspecified atom stereocenters. The van der Waals surface area contributed by atoms with Gasteiger partial charge in [0.1, 0.15) is 0 Å². The van der Waals surface area contributed by atoms with Gasteiger partial charge in [0, 0.05) is 13.2 Å². The minimum absolute atomic E-state index is 0.251. The SMILES string of the molecule is Nc1nc2ccccc2nc1NCC1CCCCO1. The lowest BCUT2D eigenvalue weighted by Gasteiger charge is -2.23. The normalized spacial score (nSPS) is 19.5. The van der Waals surface area contributed by atoms with E-state index < -0.39 is 0 Å². The molecule has 1 aromatic heterocycles. The molecule has 5 heteroatoms. The molecule has 1 saturated heterocycles. The van der Waals surface area contributed by atoms with Crippen LogP contribution in [0.25, 0.3) is 11.0 Å². The van der Waals surface area contributed by atoms with Gasteiger partial charge in [-0.25, -0.2) is 9.97 Å². The van der Waals surface area contributed by atoms with E-state index in [4.69, 9.17) is 10.5 Å². The lowest BCUT2D eigenvalue weighted by Crippen LogP contribution is -2.27. The summed E-state index contributed by atoms with van der Waals surface area (Å²) in [5.41, 5.74) is 7.59. The van der Waals surface area contributed by atoms with Crippen LogP contribution in [0.4, 0.5) is 11.6 Å². The Kier molecular flexibility index (Phi) is 3.46. The number of nitrogens with two attached hydrogens (primary N) is 1. The second-order valence-electron chi connectivity index (χ2n) is 4.82. The van der Waals surface area contributed by atoms with Gasteiger partial charge in [-0.3, -0.25) is 0 Å². The number of anilines is 2. The summed E-state index contributed by atoms with van der Waals surface area (Å²) >= 11 is 0. The quantitative estimate of drug-likeness (QED) is 0.883. The fraction of sp³-hybridized carbons (Fsp3) is 0.429. The zero-order chi connectivity index (χ0) is 13.1. The van der Waals surface area contributed by atoms with E-state index in [0.717, 1.165) is 37.0 Å². The van der Waals surface area contributed by atoms with Crippen molar-refractivity contribution in [2.75, 3.05) is 24.2 Å². The van der Waals surface area contributed by atoms with Crippen LogP contribution in [0, 0.1) is 0 Å². The number of para-hydroxylation sites is 2. The minimum atomic E-state index is 0.251. The number of hydrogen-bond acceptors (Lipinski definition) is 5. The molecule has 0 radical (unpaired) electrons. The highest BCUT2D eigenvalue weighted by atomic mass is 16.5. The molecule has 0 spiro atoms. The van der Waals surface area contributed by atoms with Crippen LogP contribution in [0.3, 0.4) is 0 Å². The molecule has 0 aliphatic carbocycles. The Balaban J connectivity index is 1.74. The largest absolute Gasteiger partial charge is 0.381 e. The van der Waals surface area contributed by atoms with E-state index in [0.29, 0.717) is 11.6 Å². The molecule has 0 saturated carbocycles. The highest BCUT2D eigenvalue weighted by Gasteiger charge is 2.14. The Labute approximate surface area is 112 Å². The number of fused-ring (bicyclic) bond motifs is 1. The van der Waals surface area contributed by atoms with Crippen molar-refractivity contribution in [2.24, 2.45) is 0 Å². The van der Waals surface area contributed by atoms with Gasteiger partial charge in [-0.05, 0) is 31.4 Å². The Morgan fingerprint density at radius 3 is 2.74 bits per heavy atom. The van der Waals surface area contributed by atoms with Gasteiger partial charge in [-0.2, -0.15) is 0 Å². The third-order valence-electron chi connectivity index (χ3n) is 3.37. The average molecular weight is 258 g/mol. The molecule has 3 N–H and O–H groups in total. The van der Waals surface area contributed by atoms with Crippen LogP contribution in [0.5, 0.6) is 0 Å². The summed E-state index contributed by atoms with van der Waals surface area (Å²) in [6.45, 7) is 1.59. The number of aromatic nitrogens is 2. The van der Waals surface area contributed by atoms with E-state index in [2.05, 4.69) is 15.3 Å². The summed E-state index contributed by atoms with van der Waals surface area (Å²) in [7, 11) is 0. The number of hydrogen-bond donors (Lipinski definition) is 2. The number of nitrogen functional groups attached to an aromatic ring is 1. The number of ether oxygens (including phenoxy) is 1. The van der Waals surface area contributed by atoms with Crippen LogP contribution >= 0.6 is 0 Å². The Hall–Kier alpha value is -1.88. The Morgan fingerprint density at radius 2 is 2.00 bits per heavy atom. The maximum Gasteiger partial charge on any atom is 0.169 e. The first kappa shape index (κ1) is 12.2. The minimum Gasteiger partial charge on any atom is -0.381 e. The molecule has 3 rings (SSSR count). The fourth-order valence-electron chi connectivity index (χ4n) is 2.32. The van der Waals surface area contributed by atoms with Crippen molar-refractivity contribution in [3.05, 3.63) is 24.3 Å². The van der Waals surface area contributed by atoms with Crippen molar-refractivity contribution < 1.29 is 4.74 Å². The first-order valence-corrected chi connectivity index (χ1v) is 6.70. The molecular weight excluding hydrogens is 240 g/mol. The van der Waals surface area contributed by atoms with Crippen LogP contribution in [-0.2, 0) is 4.74 Å². The predicted molar refractivity (Wildman–Crippen MR) is 76.0 cm³/mol. The highest BCUT2D eigenvalue weighted by molar-refractivity contribution is 5.79. The van der Waals surface area contributed by atoms with Crippen LogP contribution in [0.2, 0.25) is 0 Å². The van der Waals surface area contributed by atoms with Gasteiger partial charge in [-0.15, -0.1) is 0 Å². The summed E-state index contributed by atoms with van der Waals surface area (Å²) in [5, 5.41) is 3.25. The molecule has 100 valence electrons. The molecular formula is C14H18N4O. The topological polar surface area (TPSA) is 73.1 Å². The maximum absolute atomic E-state index is 5.93. The first-order valence-electron chi connectivity index (χ1n) is 6.70. The van der Waals surface area contributed by atoms with Crippen LogP contribution in [0.1, 0.15) is 19.3 Å². The molecule has 19 heavy (non-hydrogen) atoms. The predicted octanol–water partition coefficient (Wildman–Crippen LogP) is 2.19. The summed E-state index contributed by atoms with van der Waals surface area (Å²) < 4.78 is 5.68. The zero-order valence-electron chi connectivity index (χ0n) is 10.8. The van der Waals surface area contributed by atoms with Crippen LogP contribution in [0.15, 0.2) is 24.3 Å². The van der Waals surface area contributed by atoms with E-state index in [-0.39, 0.29) is 6.10 Å². The van der Waals surface area contributed by atoms with Crippen molar-refractivity contribution in [3.63, 3.8) is 0 Å². The highest BCUT2D eigenvalue weighted by Crippen LogP contribution is 2.19. The Bertz CT molecular complexity index is 566. The molecule has 1 aliphatic heterocycles. The summed E-state index contributed by atoms with van der Waals surface area (Å²) in [5.74, 6) is 1.09. The van der Waals surface area contributed by atoms with Crippen molar-refractivity contribution in [2.45, 2.75) is 25.4 Å². The molecule has 2 aromatic rings. The van der Waals surface area contributed by atoms with Gasteiger partial charge in [0.25, 0.3) is 0 Å². The molecule has 1 aliphatic rings. The second-order valence-corrected chi connectivity index (χ2v) is 4.82. The van der Waals surface area contributed by atoms with E-state index in [9.17, 15) is 0 Å². The van der Waals surface area contributed by atoms with Gasteiger partial charge in [0.05, 0.1) is 17.1 Å². The standard InChI is InChI=1S/C14H18N4O/c15-13-14(16-9-10-5-3-4-8-19-10)18-12-7-2-1-6-11(12)17-13/h1-2,6-7,10H,3-5,8-9H2,(H2,15,17)(H,16,18). The van der Waals surface area contributed by atoms with Gasteiger partial charge >= 0.3 is 0 Å². The number of nitrogens with one attached hydrogen (secondary N) is 1. The summed E-state index contributed by atoms with van der Waals surface area (Å²) in [6, 6.07) is 7.72. The summed E-state index contributed by atoms with van der Waals surface area (Å²) in [6.07, 6.45) is 3.73. The molecule has 2 heterocycles. The van der Waals surface area contributed by atoms with Crippen molar-refractivity contribution >= 4 is 22.7 Å². The molecule has 1 fully saturated rings. The van der Waals surface area contributed by atoms with Crippen molar-refractivity contribution in [1.82, 2.24) is 9.97 Å². The number of nitrogens with zero attached hydrogens (tertiary/aromatic N) is 2. The monoisotopic (exact) mass is 258 g/mol. The van der Waals surface area contributed by atoms with E-state index >= 15 is 0 Å². The van der Waals surface area contributed by atoms with Crippen LogP contribution < -0.4 is 11.1 Å². The molecule has 0 bridgehead atoms. The fourth-order valence-corrected chi connectivity index (χ4v) is 2.32. The van der Waals surface area contributed by atoms with Crippen molar-refractivity contribution in [1.29, 1.82) is 0 Å². The van der Waals surface area contributed by atoms with E-state index in [1.54, 1.807) is 0 Å². The first-order chi connectivity index (χ1) is 9.33. The van der Waals surface area contributed by atoms with E-state index in [1.807, 2.05) is 24.3 Å². The summed E-state index contributed by atoms with van der Waals surface area (Å²) in [4.78, 5) is 8.86. The van der Waals surface area contributed by atoms with E-state index in [1.165, 1.54) is 6.42 Å². The molecule has 1 atom stereocenters.